The summed E-state index contributed by atoms with van der Waals surface area (Å²) in [6.45, 7) is 0. The van der Waals surface area contributed by atoms with E-state index >= 15 is 0 Å². The van der Waals surface area contributed by atoms with E-state index in [2.05, 4.69) is 0 Å². The van der Waals surface area contributed by atoms with Crippen LogP contribution in [0.5, 0.6) is 0 Å². The van der Waals surface area contributed by atoms with Gasteiger partial charge in [0.1, 0.15) is 0 Å². The second kappa shape index (κ2) is 2060. The van der Waals surface area contributed by atoms with Gasteiger partial charge in [0.05, 0.1) is 0 Å². The van der Waals surface area contributed by atoms with Crippen LogP contribution >= 0.6 is 0 Å². The maximum Gasteiger partial charge on any atom is 3.00 e. The summed E-state index contributed by atoms with van der Waals surface area (Å²) < 4.78 is 0. The molecule has 0 amide bonds. The molecule has 0 spiro atoms. The molecule has 0 unspecified atom stereocenters. The molecule has 6 nitrogen and oxygen atoms in total. The van der Waals surface area contributed by atoms with Gasteiger partial charge >= 0.3 is 17.4 Å². The zero-order chi connectivity index (χ0) is 0. The first-order valence-corrected chi connectivity index (χ1v) is 0. The van der Waals surface area contributed by atoms with Gasteiger partial charge < -0.3 is 32.9 Å². The molecule has 0 radical (unpaired) electrons. The van der Waals surface area contributed by atoms with Crippen LogP contribution in [0.1, 0.15) is 0 Å². The molecule has 0 bridgehead atoms. The summed E-state index contributed by atoms with van der Waals surface area (Å²) in [6.07, 6.45) is 0. The largest absolute Gasteiger partial charge is 3.00 e. The van der Waals surface area contributed by atoms with Gasteiger partial charge in [0.25, 0.3) is 0 Å². The summed E-state index contributed by atoms with van der Waals surface area (Å²) in [5.74, 6) is 0. The van der Waals surface area contributed by atoms with Gasteiger partial charge in [0.15, 0.2) is 0 Å². The van der Waals surface area contributed by atoms with Gasteiger partial charge in [0.2, 0.25) is 0 Å². The third-order valence-corrected chi connectivity index (χ3v) is 0. The molecule has 0 saturated carbocycles. The van der Waals surface area contributed by atoms with Crippen molar-refractivity contribution >= 4 is 17.4 Å². The molecule has 0 atom stereocenters. The van der Waals surface area contributed by atoms with E-state index in [1.165, 1.54) is 0 Å². The Kier molecular flexibility index (Phi) is 994000. The fourth-order valence-corrected chi connectivity index (χ4v) is 0. The van der Waals surface area contributed by atoms with E-state index in [1.54, 1.807) is 0 Å². The Balaban J connectivity index is 0. The monoisotopic (exact) mass is 141 g/mol. The van der Waals surface area contributed by atoms with Crippen LogP contribution in [-0.2, 0) is 32.9 Å². The SMILES string of the molecule is [Al+3].[OH3+].[OH3+].[OH3+].[OH3+].[OH3+].[OH3+]. The Morgan fingerprint density at radius 3 is 0.286 bits per heavy atom. The first-order chi connectivity index (χ1) is 0. The Morgan fingerprint density at radius 1 is 0.286 bits per heavy atom. The van der Waals surface area contributed by atoms with Crippen LogP contribution in [0.4, 0.5) is 0 Å². The van der Waals surface area contributed by atoms with Crippen LogP contribution in [0, 0.1) is 0 Å². The minimum absolute atomic E-state index is 0. The minimum Gasteiger partial charge on any atom is -0.457 e. The van der Waals surface area contributed by atoms with Gasteiger partial charge in [-0.15, -0.1) is 0 Å². The topological polar surface area (TPSA) is 198 Å². The third-order valence-electron chi connectivity index (χ3n) is 0. The predicted molar refractivity (Wildman–Crippen MR) is 35.0 cm³/mol. The predicted octanol–water partition coefficient (Wildman–Crippen LogP) is -5.91. The van der Waals surface area contributed by atoms with Crippen molar-refractivity contribution in [1.29, 1.82) is 0 Å². The maximum atomic E-state index is 0. The fraction of sp³-hybridized carbons (Fsp3) is 0. The van der Waals surface area contributed by atoms with Gasteiger partial charge in [-0.1, -0.05) is 0 Å². The van der Waals surface area contributed by atoms with Crippen molar-refractivity contribution in [1.82, 2.24) is 0 Å². The summed E-state index contributed by atoms with van der Waals surface area (Å²) >= 11 is 0. The molecule has 7 heavy (non-hydrogen) atoms. The summed E-state index contributed by atoms with van der Waals surface area (Å²) in [5.41, 5.74) is 0. The van der Waals surface area contributed by atoms with Gasteiger partial charge in [-0.2, -0.15) is 0 Å². The second-order valence-electron chi connectivity index (χ2n) is 0. The van der Waals surface area contributed by atoms with Gasteiger partial charge in [-0.05, 0) is 0 Å². The van der Waals surface area contributed by atoms with Crippen molar-refractivity contribution in [2.24, 2.45) is 0 Å². The van der Waals surface area contributed by atoms with Crippen molar-refractivity contribution in [3.8, 4) is 0 Å². The van der Waals surface area contributed by atoms with Crippen molar-refractivity contribution < 1.29 is 32.9 Å². The summed E-state index contributed by atoms with van der Waals surface area (Å²) in [5, 5.41) is 0. The van der Waals surface area contributed by atoms with Crippen LogP contribution in [-0.4, -0.2) is 17.4 Å². The molecule has 48 valence electrons. The number of rotatable bonds is 0. The molecule has 0 aliphatic carbocycles. The van der Waals surface area contributed by atoms with Crippen molar-refractivity contribution in [3.05, 3.63) is 0 Å². The molecule has 0 saturated heterocycles. The van der Waals surface area contributed by atoms with Gasteiger partial charge in [0, 0.05) is 0 Å². The normalized spacial score (nSPS) is 0. The van der Waals surface area contributed by atoms with Crippen molar-refractivity contribution in [2.45, 2.75) is 0 Å². The molecule has 0 aromatic rings. The quantitative estimate of drug-likeness (QED) is 0.228. The van der Waals surface area contributed by atoms with Crippen LogP contribution in [0.15, 0.2) is 0 Å². The molecular formula is H18AlO6+9. The van der Waals surface area contributed by atoms with Crippen LogP contribution in [0.2, 0.25) is 0 Å². The molecule has 18 N–H and O–H groups in total. The summed E-state index contributed by atoms with van der Waals surface area (Å²) in [4.78, 5) is 0. The van der Waals surface area contributed by atoms with E-state index in [9.17, 15) is 0 Å². The Hall–Kier alpha value is 0.292. The van der Waals surface area contributed by atoms with E-state index in [0.717, 1.165) is 0 Å². The molecular weight excluding hydrogens is 123 g/mol. The van der Waals surface area contributed by atoms with Crippen molar-refractivity contribution in [3.63, 3.8) is 0 Å². The van der Waals surface area contributed by atoms with E-state index in [1.807, 2.05) is 0 Å². The fourth-order valence-electron chi connectivity index (χ4n) is 0. The molecule has 0 aromatic carbocycles. The van der Waals surface area contributed by atoms with E-state index in [-0.39, 0.29) is 50.2 Å². The molecule has 0 aliphatic heterocycles. The number of hydrogen-bond donors (Lipinski definition) is 0. The molecule has 0 fully saturated rings. The molecule has 0 rings (SSSR count). The average molecular weight is 141 g/mol. The number of hydrogen-bond acceptors (Lipinski definition) is 0. The van der Waals surface area contributed by atoms with Crippen LogP contribution < -0.4 is 0 Å². The molecule has 0 aromatic heterocycles. The van der Waals surface area contributed by atoms with Crippen LogP contribution in [0.25, 0.3) is 0 Å². The summed E-state index contributed by atoms with van der Waals surface area (Å²) in [6, 6.07) is 0. The first-order valence-electron chi connectivity index (χ1n) is 0. The first kappa shape index (κ1) is 3380. The smallest absolute Gasteiger partial charge is 0.457 e. The van der Waals surface area contributed by atoms with Crippen molar-refractivity contribution in [2.75, 3.05) is 0 Å². The third kappa shape index (κ3) is 1360. The van der Waals surface area contributed by atoms with E-state index < -0.39 is 0 Å². The average Bonchev–Trinajstić information content (AvgIpc) is 0. The summed E-state index contributed by atoms with van der Waals surface area (Å²) in [7, 11) is 0. The maximum absolute atomic E-state index is 0. The van der Waals surface area contributed by atoms with Gasteiger partial charge in [-0.3, -0.25) is 0 Å². The zero-order valence-corrected chi connectivity index (χ0v) is 5.20. The van der Waals surface area contributed by atoms with Gasteiger partial charge in [-0.25, -0.2) is 0 Å². The molecule has 0 heterocycles. The zero-order valence-electron chi connectivity index (χ0n) is 4.04. The van der Waals surface area contributed by atoms with E-state index in [4.69, 9.17) is 0 Å². The van der Waals surface area contributed by atoms with Crippen LogP contribution in [0.3, 0.4) is 0 Å². The Labute approximate surface area is 51.1 Å². The molecule has 7 heteroatoms. The standard InChI is InChI=1S/Al.6H2O/h;6*1H2/q+3;;;;;;/p+6. The van der Waals surface area contributed by atoms with E-state index in [0.29, 0.717) is 0 Å². The molecule has 0 aliphatic rings. The minimum atomic E-state index is 0. The Bertz CT molecular complexity index is 4.14. The second-order valence-corrected chi connectivity index (χ2v) is 0. The Morgan fingerprint density at radius 2 is 0.286 bits per heavy atom.